The van der Waals surface area contributed by atoms with Gasteiger partial charge in [0.05, 0.1) is 17.2 Å². The Hall–Kier alpha value is -2.06. The summed E-state index contributed by atoms with van der Waals surface area (Å²) in [6.07, 6.45) is 0.446. The molecule has 1 aromatic carbocycles. The van der Waals surface area contributed by atoms with Gasteiger partial charge >= 0.3 is 0 Å². The zero-order valence-electron chi connectivity index (χ0n) is 14.4. The van der Waals surface area contributed by atoms with Gasteiger partial charge in [-0.3, -0.25) is 4.90 Å². The molecule has 0 unspecified atom stereocenters. The zero-order chi connectivity index (χ0) is 18.1. The molecule has 0 amide bonds. The number of aryl methyl sites for hydroxylation is 1. The van der Waals surface area contributed by atoms with Crippen LogP contribution in [0.3, 0.4) is 0 Å². The Bertz CT molecular complexity index is 911. The van der Waals surface area contributed by atoms with E-state index in [-0.39, 0.29) is 17.3 Å². The van der Waals surface area contributed by atoms with Crippen LogP contribution in [0, 0.1) is 5.82 Å². The second kappa shape index (κ2) is 6.92. The molecule has 138 valence electrons. The van der Waals surface area contributed by atoms with Crippen LogP contribution in [-0.4, -0.2) is 55.4 Å². The Kier molecular flexibility index (Phi) is 4.62. The highest BCUT2D eigenvalue weighted by atomic mass is 32.2. The van der Waals surface area contributed by atoms with Gasteiger partial charge in [-0.2, -0.15) is 5.10 Å². The van der Waals surface area contributed by atoms with E-state index < -0.39 is 9.84 Å². The minimum Gasteiger partial charge on any atom is -0.353 e. The monoisotopic (exact) mass is 376 g/mol. The van der Waals surface area contributed by atoms with E-state index >= 15 is 0 Å². The third-order valence-corrected chi connectivity index (χ3v) is 6.60. The van der Waals surface area contributed by atoms with E-state index in [0.29, 0.717) is 18.5 Å². The van der Waals surface area contributed by atoms with Gasteiger partial charge in [-0.25, -0.2) is 12.8 Å². The van der Waals surface area contributed by atoms with Crippen molar-refractivity contribution in [3.8, 4) is 0 Å². The van der Waals surface area contributed by atoms with E-state index in [4.69, 9.17) is 0 Å². The van der Waals surface area contributed by atoms with Gasteiger partial charge in [-0.05, 0) is 17.7 Å². The molecular formula is C18H21FN4O2S. The van der Waals surface area contributed by atoms with Crippen LogP contribution in [0.5, 0.6) is 0 Å². The first-order valence-electron chi connectivity index (χ1n) is 8.77. The molecule has 1 aromatic heterocycles. The number of hydrogen-bond donors (Lipinski definition) is 0. The highest BCUT2D eigenvalue weighted by Gasteiger charge is 2.25. The van der Waals surface area contributed by atoms with E-state index in [2.05, 4.69) is 20.0 Å². The first-order valence-corrected chi connectivity index (χ1v) is 10.6. The summed E-state index contributed by atoms with van der Waals surface area (Å²) in [6.45, 7) is 3.70. The van der Waals surface area contributed by atoms with E-state index in [9.17, 15) is 12.8 Å². The van der Waals surface area contributed by atoms with Gasteiger partial charge < -0.3 is 4.90 Å². The number of piperazine rings is 1. The predicted molar refractivity (Wildman–Crippen MR) is 97.1 cm³/mol. The van der Waals surface area contributed by atoms with Crippen LogP contribution in [0.25, 0.3) is 0 Å². The van der Waals surface area contributed by atoms with Gasteiger partial charge in [-0.15, -0.1) is 5.10 Å². The molecule has 0 saturated carbocycles. The molecule has 2 aromatic rings. The van der Waals surface area contributed by atoms with Gasteiger partial charge in [0.15, 0.2) is 15.7 Å². The van der Waals surface area contributed by atoms with Crippen molar-refractivity contribution in [2.75, 3.05) is 36.8 Å². The van der Waals surface area contributed by atoms with Crippen molar-refractivity contribution < 1.29 is 12.8 Å². The van der Waals surface area contributed by atoms with Gasteiger partial charge in [0.25, 0.3) is 0 Å². The van der Waals surface area contributed by atoms with Crippen molar-refractivity contribution in [3.63, 3.8) is 0 Å². The summed E-state index contributed by atoms with van der Waals surface area (Å²) >= 11 is 0. The molecule has 0 spiro atoms. The smallest absolute Gasteiger partial charge is 0.154 e. The second-order valence-corrected chi connectivity index (χ2v) is 9.06. The first-order chi connectivity index (χ1) is 12.5. The molecule has 0 N–H and O–H groups in total. The summed E-state index contributed by atoms with van der Waals surface area (Å²) < 4.78 is 37.5. The van der Waals surface area contributed by atoms with Gasteiger partial charge in [0, 0.05) is 44.7 Å². The van der Waals surface area contributed by atoms with Crippen LogP contribution in [0.2, 0.25) is 0 Å². The van der Waals surface area contributed by atoms with Gasteiger partial charge in [-0.1, -0.05) is 18.2 Å². The summed E-state index contributed by atoms with van der Waals surface area (Å²) in [5.74, 6) is 0.768. The number of nitrogens with zero attached hydrogens (tertiary/aromatic N) is 4. The Morgan fingerprint density at radius 1 is 1.08 bits per heavy atom. The van der Waals surface area contributed by atoms with Crippen molar-refractivity contribution in [2.45, 2.75) is 18.7 Å². The van der Waals surface area contributed by atoms with E-state index in [1.165, 1.54) is 6.07 Å². The molecule has 0 atom stereocenters. The summed E-state index contributed by atoms with van der Waals surface area (Å²) in [4.78, 5) is 4.33. The molecule has 1 saturated heterocycles. The number of benzene rings is 1. The number of hydrogen-bond acceptors (Lipinski definition) is 6. The number of anilines is 1. The molecule has 26 heavy (non-hydrogen) atoms. The minimum absolute atomic E-state index is 0.0537. The van der Waals surface area contributed by atoms with Crippen molar-refractivity contribution in [1.82, 2.24) is 15.1 Å². The number of halogens is 1. The minimum atomic E-state index is -3.02. The van der Waals surface area contributed by atoms with Crippen LogP contribution >= 0.6 is 0 Å². The maximum absolute atomic E-state index is 13.8. The topological polar surface area (TPSA) is 66.4 Å². The number of fused-ring (bicyclic) bond motifs is 1. The summed E-state index contributed by atoms with van der Waals surface area (Å²) in [5, 5.41) is 8.53. The summed E-state index contributed by atoms with van der Waals surface area (Å²) in [7, 11) is -3.02. The van der Waals surface area contributed by atoms with Gasteiger partial charge in [0.1, 0.15) is 5.82 Å². The SMILES string of the molecule is O=S1(=O)CCc2nnc(N3CCN(Cc4ccccc4F)CC3)cc2C1. The van der Waals surface area contributed by atoms with Crippen molar-refractivity contribution in [3.05, 3.63) is 53.0 Å². The third kappa shape index (κ3) is 3.71. The van der Waals surface area contributed by atoms with Crippen LogP contribution in [0.1, 0.15) is 16.8 Å². The Labute approximate surface area is 152 Å². The van der Waals surface area contributed by atoms with Crippen molar-refractivity contribution in [1.29, 1.82) is 0 Å². The highest BCUT2D eigenvalue weighted by Crippen LogP contribution is 2.23. The zero-order valence-corrected chi connectivity index (χ0v) is 15.3. The number of rotatable bonds is 3. The highest BCUT2D eigenvalue weighted by molar-refractivity contribution is 7.90. The van der Waals surface area contributed by atoms with Crippen LogP contribution in [0.15, 0.2) is 30.3 Å². The van der Waals surface area contributed by atoms with E-state index in [1.54, 1.807) is 6.07 Å². The lowest BCUT2D eigenvalue weighted by Crippen LogP contribution is -2.46. The van der Waals surface area contributed by atoms with Crippen LogP contribution < -0.4 is 4.90 Å². The largest absolute Gasteiger partial charge is 0.353 e. The average Bonchev–Trinajstić information content (AvgIpc) is 2.63. The number of aromatic nitrogens is 2. The molecule has 0 bridgehead atoms. The molecule has 8 heteroatoms. The maximum Gasteiger partial charge on any atom is 0.154 e. The molecule has 2 aliphatic heterocycles. The molecule has 0 radical (unpaired) electrons. The van der Waals surface area contributed by atoms with Crippen LogP contribution in [-0.2, 0) is 28.6 Å². The van der Waals surface area contributed by atoms with Crippen molar-refractivity contribution in [2.24, 2.45) is 0 Å². The second-order valence-electron chi connectivity index (χ2n) is 6.87. The molecule has 3 heterocycles. The first kappa shape index (κ1) is 17.4. The molecule has 4 rings (SSSR count). The van der Waals surface area contributed by atoms with E-state index in [0.717, 1.165) is 43.3 Å². The quantitative estimate of drug-likeness (QED) is 0.807. The Morgan fingerprint density at radius 2 is 1.85 bits per heavy atom. The van der Waals surface area contributed by atoms with Crippen molar-refractivity contribution >= 4 is 15.7 Å². The molecule has 1 fully saturated rings. The molecule has 6 nitrogen and oxygen atoms in total. The normalized spacial score (nSPS) is 20.0. The summed E-state index contributed by atoms with van der Waals surface area (Å²) in [6, 6.07) is 8.72. The lowest BCUT2D eigenvalue weighted by atomic mass is 10.1. The average molecular weight is 376 g/mol. The lowest BCUT2D eigenvalue weighted by Gasteiger charge is -2.35. The van der Waals surface area contributed by atoms with E-state index in [1.807, 2.05) is 18.2 Å². The standard InChI is InChI=1S/C18H21FN4O2S/c19-16-4-2-1-3-14(16)12-22-6-8-23(9-7-22)18-11-15-13-26(24,25)10-5-17(15)20-21-18/h1-4,11H,5-10,12-13H2. The molecular weight excluding hydrogens is 355 g/mol. The molecule has 0 aliphatic carbocycles. The van der Waals surface area contributed by atoms with Gasteiger partial charge in [0.2, 0.25) is 0 Å². The fourth-order valence-corrected chi connectivity index (χ4v) is 4.87. The number of sulfone groups is 1. The summed E-state index contributed by atoms with van der Waals surface area (Å²) in [5.41, 5.74) is 2.27. The molecule has 2 aliphatic rings. The van der Waals surface area contributed by atoms with Crippen LogP contribution in [0.4, 0.5) is 10.2 Å². The Balaban J connectivity index is 1.41. The third-order valence-electron chi connectivity index (χ3n) is 5.02. The fourth-order valence-electron chi connectivity index (χ4n) is 3.50. The lowest BCUT2D eigenvalue weighted by molar-refractivity contribution is 0.246. The maximum atomic E-state index is 13.8. The predicted octanol–water partition coefficient (Wildman–Crippen LogP) is 1.41. The fraction of sp³-hybridized carbons (Fsp3) is 0.444. The Morgan fingerprint density at radius 3 is 2.62 bits per heavy atom.